The van der Waals surface area contributed by atoms with Gasteiger partial charge in [-0.3, -0.25) is 9.59 Å². The van der Waals surface area contributed by atoms with Crippen LogP contribution in [0, 0.1) is 13.5 Å². The van der Waals surface area contributed by atoms with Crippen molar-refractivity contribution in [2.45, 2.75) is 31.7 Å². The average Bonchev–Trinajstić information content (AvgIpc) is 2.91. The number of carbonyl (C=O) groups is 2. The van der Waals surface area contributed by atoms with Crippen molar-refractivity contribution in [3.63, 3.8) is 0 Å². The molecule has 4 rings (SSSR count). The second-order valence-electron chi connectivity index (χ2n) is 7.67. The molecule has 0 bridgehead atoms. The standard InChI is InChI=1S/C22H23N5O4/c1-13-10-24-20(26-19(13)14-5-4-8-30-11-14)21(28)25-16-12-31-18-9-15(23-2)6-7-17(18)27(3)22(16)29/h6-7,9-10,14,16H,4-5,8,11-12H2,1,3H3,(H,25,28)/t14?,16-/m0/s1. The van der Waals surface area contributed by atoms with Crippen LogP contribution in [0.5, 0.6) is 5.75 Å². The molecular formula is C22H23N5O4. The van der Waals surface area contributed by atoms with Gasteiger partial charge in [-0.1, -0.05) is 6.07 Å². The number of ether oxygens (including phenoxy) is 2. The second kappa shape index (κ2) is 8.70. The predicted octanol–water partition coefficient (Wildman–Crippen LogP) is 2.38. The van der Waals surface area contributed by atoms with Crippen molar-refractivity contribution >= 4 is 23.2 Å². The lowest BCUT2D eigenvalue weighted by Gasteiger charge is -2.23. The van der Waals surface area contributed by atoms with Crippen molar-refractivity contribution in [2.24, 2.45) is 0 Å². The van der Waals surface area contributed by atoms with Gasteiger partial charge in [-0.15, -0.1) is 0 Å². The Hall–Kier alpha value is -3.51. The van der Waals surface area contributed by atoms with Crippen LogP contribution in [0.1, 0.15) is 40.6 Å². The van der Waals surface area contributed by atoms with E-state index in [1.807, 2.05) is 6.92 Å². The van der Waals surface area contributed by atoms with E-state index in [9.17, 15) is 9.59 Å². The number of likely N-dealkylation sites (N-methyl/N-ethyl adjacent to an activating group) is 1. The molecule has 9 nitrogen and oxygen atoms in total. The first-order valence-corrected chi connectivity index (χ1v) is 10.1. The van der Waals surface area contributed by atoms with Gasteiger partial charge in [0.2, 0.25) is 5.82 Å². The number of benzene rings is 1. The van der Waals surface area contributed by atoms with Gasteiger partial charge in [-0.25, -0.2) is 14.8 Å². The molecule has 160 valence electrons. The lowest BCUT2D eigenvalue weighted by atomic mass is 9.95. The van der Waals surface area contributed by atoms with Gasteiger partial charge in [-0.2, -0.15) is 0 Å². The number of hydrogen-bond donors (Lipinski definition) is 1. The minimum atomic E-state index is -0.910. The molecule has 1 saturated heterocycles. The molecule has 2 aliphatic heterocycles. The zero-order valence-corrected chi connectivity index (χ0v) is 17.4. The van der Waals surface area contributed by atoms with E-state index in [2.05, 4.69) is 20.1 Å². The number of carbonyl (C=O) groups excluding carboxylic acids is 2. The first-order valence-electron chi connectivity index (χ1n) is 10.1. The van der Waals surface area contributed by atoms with Crippen LogP contribution in [-0.4, -0.2) is 54.7 Å². The summed E-state index contributed by atoms with van der Waals surface area (Å²) in [4.78, 5) is 39.2. The van der Waals surface area contributed by atoms with Crippen molar-refractivity contribution in [3.05, 3.63) is 52.9 Å². The summed E-state index contributed by atoms with van der Waals surface area (Å²) in [6.45, 7) is 10.3. The number of rotatable bonds is 3. The zero-order valence-electron chi connectivity index (χ0n) is 17.4. The summed E-state index contributed by atoms with van der Waals surface area (Å²) >= 11 is 0. The number of fused-ring (bicyclic) bond motifs is 1. The Labute approximate surface area is 180 Å². The lowest BCUT2D eigenvalue weighted by Crippen LogP contribution is -2.49. The number of nitrogens with zero attached hydrogens (tertiary/aromatic N) is 4. The summed E-state index contributed by atoms with van der Waals surface area (Å²) in [5, 5.41) is 2.70. The van der Waals surface area contributed by atoms with Crippen molar-refractivity contribution in [2.75, 3.05) is 31.8 Å². The van der Waals surface area contributed by atoms with Crippen molar-refractivity contribution in [1.29, 1.82) is 0 Å². The number of nitrogens with one attached hydrogen (secondary N) is 1. The highest BCUT2D eigenvalue weighted by Crippen LogP contribution is 2.34. The Kier molecular flexibility index (Phi) is 5.82. The molecule has 2 atom stereocenters. The molecule has 0 spiro atoms. The van der Waals surface area contributed by atoms with E-state index in [1.165, 1.54) is 4.90 Å². The normalized spacial score (nSPS) is 20.8. The van der Waals surface area contributed by atoms with Crippen LogP contribution in [-0.2, 0) is 9.53 Å². The van der Waals surface area contributed by atoms with Crippen LogP contribution in [0.3, 0.4) is 0 Å². The lowest BCUT2D eigenvalue weighted by molar-refractivity contribution is -0.120. The van der Waals surface area contributed by atoms with Crippen LogP contribution in [0.25, 0.3) is 4.85 Å². The van der Waals surface area contributed by atoms with E-state index in [0.717, 1.165) is 30.7 Å². The monoisotopic (exact) mass is 421 g/mol. The molecule has 2 aromatic rings. The van der Waals surface area contributed by atoms with E-state index in [4.69, 9.17) is 16.0 Å². The first kappa shape index (κ1) is 20.8. The average molecular weight is 421 g/mol. The van der Waals surface area contributed by atoms with Crippen LogP contribution in [0.15, 0.2) is 24.4 Å². The number of anilines is 1. The summed E-state index contributed by atoms with van der Waals surface area (Å²) in [6, 6.07) is 3.95. The molecule has 2 amide bonds. The summed E-state index contributed by atoms with van der Waals surface area (Å²) in [5.41, 5.74) is 2.67. The highest BCUT2D eigenvalue weighted by atomic mass is 16.5. The SMILES string of the molecule is [C-]#[N+]c1ccc2c(c1)OC[C@H](NC(=O)c1ncc(C)c(C3CCCOC3)n1)C(=O)N2C. The first-order chi connectivity index (χ1) is 15.0. The molecule has 1 unspecified atom stereocenters. The fourth-order valence-electron chi connectivity index (χ4n) is 3.82. The minimum Gasteiger partial charge on any atom is -0.490 e. The molecule has 0 radical (unpaired) electrons. The van der Waals surface area contributed by atoms with Crippen molar-refractivity contribution in [1.82, 2.24) is 15.3 Å². The van der Waals surface area contributed by atoms with Gasteiger partial charge < -0.3 is 19.7 Å². The van der Waals surface area contributed by atoms with Gasteiger partial charge in [0, 0.05) is 25.8 Å². The summed E-state index contributed by atoms with van der Waals surface area (Å²) < 4.78 is 11.3. The van der Waals surface area contributed by atoms with E-state index < -0.39 is 11.9 Å². The van der Waals surface area contributed by atoms with Gasteiger partial charge in [0.25, 0.3) is 11.8 Å². The van der Waals surface area contributed by atoms with E-state index in [-0.39, 0.29) is 24.3 Å². The summed E-state index contributed by atoms with van der Waals surface area (Å²) in [7, 11) is 1.61. The maximum Gasteiger partial charge on any atom is 0.289 e. The van der Waals surface area contributed by atoms with Crippen LogP contribution < -0.4 is 15.0 Å². The van der Waals surface area contributed by atoms with E-state index in [1.54, 1.807) is 31.4 Å². The van der Waals surface area contributed by atoms with E-state index in [0.29, 0.717) is 23.7 Å². The number of amides is 2. The number of aryl methyl sites for hydroxylation is 1. The maximum absolute atomic E-state index is 12.9. The molecular weight excluding hydrogens is 398 g/mol. The van der Waals surface area contributed by atoms with Gasteiger partial charge >= 0.3 is 0 Å². The van der Waals surface area contributed by atoms with Crippen molar-refractivity contribution in [3.8, 4) is 5.75 Å². The third-order valence-electron chi connectivity index (χ3n) is 5.53. The van der Waals surface area contributed by atoms with Crippen LogP contribution in [0.2, 0.25) is 0 Å². The Morgan fingerprint density at radius 3 is 2.94 bits per heavy atom. The topological polar surface area (TPSA) is 98.0 Å². The number of aromatic nitrogens is 2. The van der Waals surface area contributed by atoms with Gasteiger partial charge in [0.05, 0.1) is 24.6 Å². The second-order valence-corrected chi connectivity index (χ2v) is 7.67. The fraction of sp³-hybridized carbons (Fsp3) is 0.409. The van der Waals surface area contributed by atoms with Gasteiger partial charge in [0.15, 0.2) is 5.69 Å². The largest absolute Gasteiger partial charge is 0.490 e. The Bertz CT molecular complexity index is 1060. The summed E-state index contributed by atoms with van der Waals surface area (Å²) in [6.07, 6.45) is 3.53. The van der Waals surface area contributed by atoms with E-state index >= 15 is 0 Å². The quantitative estimate of drug-likeness (QED) is 0.765. The number of hydrogen-bond acceptors (Lipinski definition) is 6. The van der Waals surface area contributed by atoms with Crippen LogP contribution >= 0.6 is 0 Å². The molecule has 0 aliphatic carbocycles. The van der Waals surface area contributed by atoms with Gasteiger partial charge in [0.1, 0.15) is 18.4 Å². The Balaban J connectivity index is 1.52. The minimum absolute atomic E-state index is 0.0127. The molecule has 0 saturated carbocycles. The summed E-state index contributed by atoms with van der Waals surface area (Å²) in [5.74, 6) is -0.300. The molecule has 31 heavy (non-hydrogen) atoms. The molecule has 1 N–H and O–H groups in total. The molecule has 1 aromatic carbocycles. The predicted molar refractivity (Wildman–Crippen MR) is 112 cm³/mol. The zero-order chi connectivity index (χ0) is 22.0. The Morgan fingerprint density at radius 2 is 2.19 bits per heavy atom. The fourth-order valence-corrected chi connectivity index (χ4v) is 3.82. The Morgan fingerprint density at radius 1 is 1.35 bits per heavy atom. The smallest absolute Gasteiger partial charge is 0.289 e. The van der Waals surface area contributed by atoms with Crippen LogP contribution in [0.4, 0.5) is 11.4 Å². The highest BCUT2D eigenvalue weighted by molar-refractivity contribution is 6.02. The third kappa shape index (κ3) is 4.20. The molecule has 1 aromatic heterocycles. The molecule has 1 fully saturated rings. The third-order valence-corrected chi connectivity index (χ3v) is 5.53. The van der Waals surface area contributed by atoms with Crippen molar-refractivity contribution < 1.29 is 19.1 Å². The molecule has 3 heterocycles. The van der Waals surface area contributed by atoms with Gasteiger partial charge in [-0.05, 0) is 37.5 Å². The molecule has 9 heteroatoms. The highest BCUT2D eigenvalue weighted by Gasteiger charge is 2.32. The maximum atomic E-state index is 12.9. The molecule has 2 aliphatic rings.